The largest absolute Gasteiger partial charge is 0.478 e. The van der Waals surface area contributed by atoms with E-state index in [9.17, 15) is 35.9 Å². The van der Waals surface area contributed by atoms with E-state index in [0.717, 1.165) is 16.8 Å². The molecule has 0 saturated heterocycles. The van der Waals surface area contributed by atoms with E-state index in [0.29, 0.717) is 12.3 Å². The van der Waals surface area contributed by atoms with Crippen LogP contribution in [0.5, 0.6) is 0 Å². The number of benzene rings is 1. The van der Waals surface area contributed by atoms with Crippen molar-refractivity contribution in [1.29, 1.82) is 0 Å². The Bertz CT molecular complexity index is 992. The lowest BCUT2D eigenvalue weighted by Gasteiger charge is -2.28. The van der Waals surface area contributed by atoms with E-state index in [-0.39, 0.29) is 31.0 Å². The number of aromatic carboxylic acids is 1. The number of carboxylic acids is 1. The van der Waals surface area contributed by atoms with Crippen LogP contribution in [-0.2, 0) is 12.7 Å². The number of nitrogens with zero attached hydrogens (tertiary/aromatic N) is 2. The van der Waals surface area contributed by atoms with Crippen molar-refractivity contribution in [1.82, 2.24) is 9.78 Å². The Morgan fingerprint density at radius 3 is 2.42 bits per heavy atom. The van der Waals surface area contributed by atoms with Gasteiger partial charge in [-0.3, -0.25) is 9.48 Å². The number of hydrogen-bond donors (Lipinski definition) is 2. The number of amides is 1. The van der Waals surface area contributed by atoms with Crippen LogP contribution in [0.2, 0.25) is 0 Å². The van der Waals surface area contributed by atoms with Crippen LogP contribution < -0.4 is 5.32 Å². The molecule has 0 bridgehead atoms. The molecular formula is C19H17F6N3O3. The summed E-state index contributed by atoms with van der Waals surface area (Å²) in [5, 5.41) is 14.6. The monoisotopic (exact) mass is 449 g/mol. The smallest absolute Gasteiger partial charge is 0.420 e. The van der Waals surface area contributed by atoms with Gasteiger partial charge in [-0.05, 0) is 37.0 Å². The van der Waals surface area contributed by atoms with Crippen molar-refractivity contribution in [3.63, 3.8) is 0 Å². The van der Waals surface area contributed by atoms with Gasteiger partial charge in [-0.1, -0.05) is 0 Å². The molecule has 0 unspecified atom stereocenters. The lowest BCUT2D eigenvalue weighted by molar-refractivity contribution is -0.138. The quantitative estimate of drug-likeness (QED) is 0.642. The molecule has 31 heavy (non-hydrogen) atoms. The van der Waals surface area contributed by atoms with Crippen molar-refractivity contribution >= 4 is 17.6 Å². The van der Waals surface area contributed by atoms with Gasteiger partial charge in [0.1, 0.15) is 17.1 Å². The third-order valence-corrected chi connectivity index (χ3v) is 5.09. The predicted molar refractivity (Wildman–Crippen MR) is 95.4 cm³/mol. The van der Waals surface area contributed by atoms with Crippen LogP contribution in [0.15, 0.2) is 24.4 Å². The number of nitrogens with one attached hydrogen (secondary N) is 1. The highest BCUT2D eigenvalue weighted by Crippen LogP contribution is 2.38. The summed E-state index contributed by atoms with van der Waals surface area (Å²) in [4.78, 5) is 23.5. The summed E-state index contributed by atoms with van der Waals surface area (Å²) >= 11 is 0. The Balaban J connectivity index is 1.86. The zero-order chi connectivity index (χ0) is 23.0. The van der Waals surface area contributed by atoms with Crippen LogP contribution in [0.3, 0.4) is 0 Å². The van der Waals surface area contributed by atoms with Gasteiger partial charge in [-0.2, -0.15) is 18.3 Å². The molecule has 168 valence electrons. The van der Waals surface area contributed by atoms with Gasteiger partial charge < -0.3 is 10.4 Å². The molecule has 0 radical (unpaired) electrons. The van der Waals surface area contributed by atoms with Crippen molar-refractivity contribution in [2.75, 3.05) is 5.32 Å². The average Bonchev–Trinajstić information content (AvgIpc) is 3.07. The Morgan fingerprint density at radius 1 is 1.23 bits per heavy atom. The summed E-state index contributed by atoms with van der Waals surface area (Å²) in [7, 11) is 0. The molecule has 1 aromatic carbocycles. The van der Waals surface area contributed by atoms with E-state index in [1.165, 1.54) is 0 Å². The standard InChI is InChI=1S/C19H17F6N3O3/c20-14-7-11(1-2-12(14)17(30)31)27-16(29)15-13(19(23,24)25)8-26-28(15)9-10-3-5-18(21,22)6-4-10/h1-2,7-8,10H,3-6,9H2,(H,27,29)(H,30,31). The number of carbonyl (C=O) groups is 2. The van der Waals surface area contributed by atoms with Crippen molar-refractivity contribution in [2.45, 2.75) is 44.3 Å². The molecule has 1 aliphatic rings. The zero-order valence-corrected chi connectivity index (χ0v) is 15.8. The lowest BCUT2D eigenvalue weighted by Crippen LogP contribution is -2.29. The first-order chi connectivity index (χ1) is 14.4. The highest BCUT2D eigenvalue weighted by atomic mass is 19.4. The molecule has 1 heterocycles. The molecule has 6 nitrogen and oxygen atoms in total. The molecule has 1 aromatic heterocycles. The van der Waals surface area contributed by atoms with E-state index in [2.05, 4.69) is 10.4 Å². The van der Waals surface area contributed by atoms with Gasteiger partial charge in [0.05, 0.1) is 11.8 Å². The molecule has 1 aliphatic carbocycles. The summed E-state index contributed by atoms with van der Waals surface area (Å²) in [6.07, 6.45) is -5.11. The van der Waals surface area contributed by atoms with E-state index in [4.69, 9.17) is 5.11 Å². The van der Waals surface area contributed by atoms with Crippen LogP contribution in [0.1, 0.15) is 52.1 Å². The number of rotatable bonds is 5. The number of halogens is 6. The van der Waals surface area contributed by atoms with Gasteiger partial charge >= 0.3 is 12.1 Å². The molecule has 1 saturated carbocycles. The summed E-state index contributed by atoms with van der Waals surface area (Å²) in [6, 6.07) is 2.55. The fraction of sp³-hybridized carbons (Fsp3) is 0.421. The Morgan fingerprint density at radius 2 is 1.87 bits per heavy atom. The van der Waals surface area contributed by atoms with Crippen molar-refractivity contribution in [2.24, 2.45) is 5.92 Å². The number of anilines is 1. The first-order valence-corrected chi connectivity index (χ1v) is 9.22. The van der Waals surface area contributed by atoms with E-state index in [1.807, 2.05) is 0 Å². The SMILES string of the molecule is O=C(O)c1ccc(NC(=O)c2c(C(F)(F)F)cnn2CC2CCC(F)(F)CC2)cc1F. The number of carbonyl (C=O) groups excluding carboxylic acids is 1. The van der Waals surface area contributed by atoms with Crippen molar-refractivity contribution in [3.8, 4) is 0 Å². The molecule has 12 heteroatoms. The normalized spacial score (nSPS) is 16.8. The molecule has 0 spiro atoms. The van der Waals surface area contributed by atoms with Crippen molar-refractivity contribution < 1.29 is 41.0 Å². The molecule has 0 atom stereocenters. The number of aromatic nitrogens is 2. The van der Waals surface area contributed by atoms with E-state index >= 15 is 0 Å². The molecule has 3 rings (SSSR count). The molecule has 2 N–H and O–H groups in total. The molecule has 1 amide bonds. The Kier molecular flexibility index (Phi) is 6.01. The molecule has 2 aromatic rings. The van der Waals surface area contributed by atoms with E-state index < -0.39 is 59.5 Å². The maximum Gasteiger partial charge on any atom is 0.420 e. The Labute approximate surface area is 171 Å². The number of alkyl halides is 5. The first-order valence-electron chi connectivity index (χ1n) is 9.22. The van der Waals surface area contributed by atoms with Crippen molar-refractivity contribution in [3.05, 3.63) is 47.0 Å². The zero-order valence-electron chi connectivity index (χ0n) is 15.8. The van der Waals surface area contributed by atoms with Gasteiger partial charge in [0.2, 0.25) is 5.92 Å². The van der Waals surface area contributed by atoms with Gasteiger partial charge in [-0.15, -0.1) is 0 Å². The third-order valence-electron chi connectivity index (χ3n) is 5.09. The van der Waals surface area contributed by atoms with E-state index in [1.54, 1.807) is 0 Å². The number of hydrogen-bond acceptors (Lipinski definition) is 3. The molecule has 1 fully saturated rings. The van der Waals surface area contributed by atoms with Crippen LogP contribution in [0.25, 0.3) is 0 Å². The highest BCUT2D eigenvalue weighted by molar-refractivity contribution is 6.04. The second-order valence-electron chi connectivity index (χ2n) is 7.34. The maximum atomic E-state index is 13.8. The van der Waals surface area contributed by atoms with Gasteiger partial charge in [0.25, 0.3) is 5.91 Å². The minimum atomic E-state index is -4.91. The Hall–Kier alpha value is -3.05. The fourth-order valence-electron chi connectivity index (χ4n) is 3.45. The first kappa shape index (κ1) is 22.6. The van der Waals surface area contributed by atoms with Crippen LogP contribution in [0.4, 0.5) is 32.0 Å². The third kappa shape index (κ3) is 5.17. The summed E-state index contributed by atoms with van der Waals surface area (Å²) in [5.41, 5.74) is -3.10. The second kappa shape index (κ2) is 8.23. The number of carboxylic acid groups (broad SMARTS) is 1. The average molecular weight is 449 g/mol. The molecule has 0 aliphatic heterocycles. The summed E-state index contributed by atoms with van der Waals surface area (Å²) in [5.74, 6) is -7.18. The minimum Gasteiger partial charge on any atom is -0.478 e. The highest BCUT2D eigenvalue weighted by Gasteiger charge is 2.40. The van der Waals surface area contributed by atoms with Crippen LogP contribution >= 0.6 is 0 Å². The predicted octanol–water partition coefficient (Wildman–Crippen LogP) is 4.82. The van der Waals surface area contributed by atoms with Crippen LogP contribution in [0, 0.1) is 11.7 Å². The summed E-state index contributed by atoms with van der Waals surface area (Å²) in [6.45, 7) is -0.165. The van der Waals surface area contributed by atoms with Gasteiger partial charge in [-0.25, -0.2) is 18.0 Å². The minimum absolute atomic E-state index is 0.0666. The maximum absolute atomic E-state index is 13.8. The van der Waals surface area contributed by atoms with Gasteiger partial charge in [0, 0.05) is 25.1 Å². The lowest BCUT2D eigenvalue weighted by atomic mass is 9.87. The van der Waals surface area contributed by atoms with Gasteiger partial charge in [0.15, 0.2) is 0 Å². The second-order valence-corrected chi connectivity index (χ2v) is 7.34. The fourth-order valence-corrected chi connectivity index (χ4v) is 3.45. The summed E-state index contributed by atoms with van der Waals surface area (Å²) < 4.78 is 81.5. The van der Waals surface area contributed by atoms with Crippen LogP contribution in [-0.4, -0.2) is 32.7 Å². The topological polar surface area (TPSA) is 84.2 Å². The molecular weight excluding hydrogens is 432 g/mol.